The van der Waals surface area contributed by atoms with Crippen LogP contribution in [-0.2, 0) is 0 Å². The summed E-state index contributed by atoms with van der Waals surface area (Å²) in [6, 6.07) is 4.10. The van der Waals surface area contributed by atoms with Crippen LogP contribution in [0.4, 0.5) is 0 Å². The zero-order valence-electron chi connectivity index (χ0n) is 8.74. The van der Waals surface area contributed by atoms with Crippen molar-refractivity contribution in [2.45, 2.75) is 31.9 Å². The molecular weight excluding hydrogens is 258 g/mol. The number of aliphatic hydroxyl groups is 1. The number of rotatable bonds is 4. The third-order valence-electron chi connectivity index (χ3n) is 2.94. The molecule has 1 fully saturated rings. The van der Waals surface area contributed by atoms with Gasteiger partial charge in [0.15, 0.2) is 4.67 Å². The van der Waals surface area contributed by atoms with Gasteiger partial charge in [-0.15, -0.1) is 0 Å². The first-order valence-corrected chi connectivity index (χ1v) is 6.11. The van der Waals surface area contributed by atoms with E-state index in [9.17, 15) is 0 Å². The van der Waals surface area contributed by atoms with Crippen LogP contribution in [0.2, 0.25) is 0 Å². The topological polar surface area (TPSA) is 45.4 Å². The Balaban J connectivity index is 1.75. The molecule has 0 amide bonds. The van der Waals surface area contributed by atoms with Crippen LogP contribution in [0.1, 0.15) is 31.6 Å². The van der Waals surface area contributed by atoms with E-state index in [2.05, 4.69) is 28.2 Å². The van der Waals surface area contributed by atoms with E-state index >= 15 is 0 Å². The average Bonchev–Trinajstić information content (AvgIpc) is 2.57. The number of halogens is 1. The molecule has 1 aromatic rings. The molecule has 1 heterocycles. The van der Waals surface area contributed by atoms with Gasteiger partial charge in [-0.25, -0.2) is 0 Å². The van der Waals surface area contributed by atoms with Crippen molar-refractivity contribution in [3.05, 3.63) is 22.6 Å². The Hall–Kier alpha value is -0.320. The maximum absolute atomic E-state index is 9.15. The molecule has 1 aromatic heterocycles. The standard InChI is InChI=1S/C11H16BrNO2/c1-7(10-2-3-11(12)15-10)13-6-8-4-9(14)5-8/h2-3,7-9,13-14H,4-6H2,1H3. The predicted molar refractivity (Wildman–Crippen MR) is 61.6 cm³/mol. The molecule has 0 bridgehead atoms. The molecule has 3 nitrogen and oxygen atoms in total. The Labute approximate surface area is 98.0 Å². The molecule has 1 unspecified atom stereocenters. The van der Waals surface area contributed by atoms with E-state index in [4.69, 9.17) is 9.52 Å². The van der Waals surface area contributed by atoms with Crippen molar-refractivity contribution in [2.24, 2.45) is 5.92 Å². The molecule has 0 radical (unpaired) electrons. The molecule has 4 heteroatoms. The van der Waals surface area contributed by atoms with E-state index in [0.717, 1.165) is 29.8 Å². The van der Waals surface area contributed by atoms with Crippen LogP contribution in [0.15, 0.2) is 21.2 Å². The van der Waals surface area contributed by atoms with Crippen LogP contribution in [0, 0.1) is 5.92 Å². The molecule has 0 spiro atoms. The zero-order valence-corrected chi connectivity index (χ0v) is 10.3. The SMILES string of the molecule is CC(NCC1CC(O)C1)c1ccc(Br)o1. The van der Waals surface area contributed by atoms with Crippen LogP contribution in [0.3, 0.4) is 0 Å². The summed E-state index contributed by atoms with van der Waals surface area (Å²) in [5.74, 6) is 1.57. The Morgan fingerprint density at radius 2 is 2.33 bits per heavy atom. The lowest BCUT2D eigenvalue weighted by atomic mass is 9.82. The highest BCUT2D eigenvalue weighted by Gasteiger charge is 2.27. The van der Waals surface area contributed by atoms with Gasteiger partial charge in [-0.1, -0.05) is 0 Å². The summed E-state index contributed by atoms with van der Waals surface area (Å²) < 4.78 is 6.22. The predicted octanol–water partition coefficient (Wildman–Crippen LogP) is 2.46. The number of hydrogen-bond donors (Lipinski definition) is 2. The smallest absolute Gasteiger partial charge is 0.169 e. The molecule has 1 atom stereocenters. The van der Waals surface area contributed by atoms with E-state index in [1.165, 1.54) is 0 Å². The molecule has 0 aliphatic heterocycles. The molecule has 15 heavy (non-hydrogen) atoms. The van der Waals surface area contributed by atoms with Gasteiger partial charge in [0.1, 0.15) is 5.76 Å². The van der Waals surface area contributed by atoms with Crippen molar-refractivity contribution >= 4 is 15.9 Å². The Morgan fingerprint density at radius 3 is 2.87 bits per heavy atom. The molecule has 0 saturated heterocycles. The molecule has 2 rings (SSSR count). The lowest BCUT2D eigenvalue weighted by molar-refractivity contribution is 0.0418. The average molecular weight is 274 g/mol. The van der Waals surface area contributed by atoms with Crippen molar-refractivity contribution < 1.29 is 9.52 Å². The molecule has 2 N–H and O–H groups in total. The van der Waals surface area contributed by atoms with E-state index in [1.807, 2.05) is 12.1 Å². The molecule has 1 saturated carbocycles. The summed E-state index contributed by atoms with van der Waals surface area (Å²) in [7, 11) is 0. The minimum absolute atomic E-state index is 0.0649. The first-order valence-electron chi connectivity index (χ1n) is 5.32. The largest absolute Gasteiger partial charge is 0.453 e. The Morgan fingerprint density at radius 1 is 1.60 bits per heavy atom. The maximum atomic E-state index is 9.15. The lowest BCUT2D eigenvalue weighted by Gasteiger charge is -2.32. The second-order valence-corrected chi connectivity index (χ2v) is 5.04. The zero-order chi connectivity index (χ0) is 10.8. The lowest BCUT2D eigenvalue weighted by Crippen LogP contribution is -2.36. The Bertz CT molecular complexity index is 320. The van der Waals surface area contributed by atoms with Gasteiger partial charge in [-0.2, -0.15) is 0 Å². The summed E-state index contributed by atoms with van der Waals surface area (Å²) in [5.41, 5.74) is 0. The van der Waals surface area contributed by atoms with Crippen molar-refractivity contribution in [1.29, 1.82) is 0 Å². The van der Waals surface area contributed by atoms with Crippen LogP contribution in [0.5, 0.6) is 0 Å². The summed E-state index contributed by atoms with van der Waals surface area (Å²) in [6.45, 7) is 3.04. The minimum atomic E-state index is -0.0649. The van der Waals surface area contributed by atoms with Gasteiger partial charge in [0.25, 0.3) is 0 Å². The van der Waals surface area contributed by atoms with E-state index in [1.54, 1.807) is 0 Å². The summed E-state index contributed by atoms with van der Waals surface area (Å²) in [5, 5.41) is 12.6. The fourth-order valence-corrected chi connectivity index (χ4v) is 2.19. The van der Waals surface area contributed by atoms with Gasteiger partial charge < -0.3 is 14.8 Å². The fourth-order valence-electron chi connectivity index (χ4n) is 1.87. The van der Waals surface area contributed by atoms with Gasteiger partial charge >= 0.3 is 0 Å². The third-order valence-corrected chi connectivity index (χ3v) is 3.37. The van der Waals surface area contributed by atoms with Crippen molar-refractivity contribution in [2.75, 3.05) is 6.54 Å². The highest BCUT2D eigenvalue weighted by atomic mass is 79.9. The monoisotopic (exact) mass is 273 g/mol. The molecule has 0 aromatic carbocycles. The van der Waals surface area contributed by atoms with Gasteiger partial charge in [-0.3, -0.25) is 0 Å². The summed E-state index contributed by atoms with van der Waals surface area (Å²) in [4.78, 5) is 0. The third kappa shape index (κ3) is 2.83. The van der Waals surface area contributed by atoms with Crippen LogP contribution >= 0.6 is 15.9 Å². The van der Waals surface area contributed by atoms with E-state index in [-0.39, 0.29) is 12.1 Å². The Kier molecular flexibility index (Phi) is 3.49. The van der Waals surface area contributed by atoms with Crippen LogP contribution < -0.4 is 5.32 Å². The first-order chi connectivity index (χ1) is 7.15. The van der Waals surface area contributed by atoms with Crippen LogP contribution in [-0.4, -0.2) is 17.8 Å². The second-order valence-electron chi connectivity index (χ2n) is 4.26. The molecule has 1 aliphatic carbocycles. The highest BCUT2D eigenvalue weighted by Crippen LogP contribution is 2.27. The first kappa shape index (κ1) is 11.2. The quantitative estimate of drug-likeness (QED) is 0.886. The molecule has 1 aliphatic rings. The maximum Gasteiger partial charge on any atom is 0.169 e. The van der Waals surface area contributed by atoms with Gasteiger partial charge in [0.2, 0.25) is 0 Å². The summed E-state index contributed by atoms with van der Waals surface area (Å²) >= 11 is 3.29. The van der Waals surface area contributed by atoms with Crippen molar-refractivity contribution in [3.63, 3.8) is 0 Å². The van der Waals surface area contributed by atoms with Gasteiger partial charge in [-0.05, 0) is 60.3 Å². The fraction of sp³-hybridized carbons (Fsp3) is 0.636. The van der Waals surface area contributed by atoms with Crippen molar-refractivity contribution in [3.8, 4) is 0 Å². The summed E-state index contributed by atoms with van der Waals surface area (Å²) in [6.07, 6.45) is 1.80. The second kappa shape index (κ2) is 4.68. The van der Waals surface area contributed by atoms with Crippen LogP contribution in [0.25, 0.3) is 0 Å². The minimum Gasteiger partial charge on any atom is -0.453 e. The normalized spacial score (nSPS) is 27.4. The molecule has 84 valence electrons. The number of nitrogens with one attached hydrogen (secondary N) is 1. The number of furan rings is 1. The van der Waals surface area contributed by atoms with Crippen molar-refractivity contribution in [1.82, 2.24) is 5.32 Å². The van der Waals surface area contributed by atoms with Gasteiger partial charge in [0, 0.05) is 0 Å². The highest BCUT2D eigenvalue weighted by molar-refractivity contribution is 9.10. The molecular formula is C11H16BrNO2. The van der Waals surface area contributed by atoms with E-state index in [0.29, 0.717) is 5.92 Å². The van der Waals surface area contributed by atoms with Gasteiger partial charge in [0.05, 0.1) is 12.1 Å². The number of aliphatic hydroxyl groups excluding tert-OH is 1. The van der Waals surface area contributed by atoms with E-state index < -0.39 is 0 Å². The number of hydrogen-bond acceptors (Lipinski definition) is 3.